The van der Waals surface area contributed by atoms with Gasteiger partial charge in [-0.25, -0.2) is 13.1 Å². The highest BCUT2D eigenvalue weighted by Crippen LogP contribution is 2.28. The van der Waals surface area contributed by atoms with Crippen molar-refractivity contribution in [2.75, 3.05) is 6.54 Å². The zero-order valence-electron chi connectivity index (χ0n) is 11.7. The number of sulfonamides is 1. The van der Waals surface area contributed by atoms with Crippen LogP contribution in [0.25, 0.3) is 0 Å². The van der Waals surface area contributed by atoms with Gasteiger partial charge in [0.05, 0.1) is 16.9 Å². The summed E-state index contributed by atoms with van der Waals surface area (Å²) in [6, 6.07) is 6.30. The molecule has 2 N–H and O–H groups in total. The van der Waals surface area contributed by atoms with Gasteiger partial charge in [0.25, 0.3) is 10.0 Å². The molecule has 0 radical (unpaired) electrons. The third kappa shape index (κ3) is 4.31. The van der Waals surface area contributed by atoms with Gasteiger partial charge < -0.3 is 9.73 Å². The van der Waals surface area contributed by atoms with Crippen LogP contribution in [0.4, 0.5) is 0 Å². The molecule has 1 unspecified atom stereocenters. The van der Waals surface area contributed by atoms with Crippen LogP contribution in [0.5, 0.6) is 0 Å². The van der Waals surface area contributed by atoms with Crippen molar-refractivity contribution >= 4 is 33.0 Å². The maximum absolute atomic E-state index is 12.3. The molecule has 0 aliphatic carbocycles. The van der Waals surface area contributed by atoms with Gasteiger partial charge in [-0.2, -0.15) is 0 Å². The maximum Gasteiger partial charge on any atom is 0.274 e. The Balaban J connectivity index is 2.09. The van der Waals surface area contributed by atoms with Gasteiger partial charge in [0.1, 0.15) is 5.76 Å². The predicted molar refractivity (Wildman–Crippen MR) is 84.2 cm³/mol. The normalized spacial score (nSPS) is 13.5. The summed E-state index contributed by atoms with van der Waals surface area (Å²) in [4.78, 5) is 0.850. The van der Waals surface area contributed by atoms with Crippen LogP contribution in [-0.2, 0) is 16.6 Å². The Hall–Kier alpha value is -0.860. The van der Waals surface area contributed by atoms with E-state index < -0.39 is 10.0 Å². The number of rotatable bonds is 7. The molecule has 0 fully saturated rings. The molecule has 0 aliphatic rings. The summed E-state index contributed by atoms with van der Waals surface area (Å²) in [5.41, 5.74) is 0. The molecule has 5 nitrogen and oxygen atoms in total. The first-order chi connectivity index (χ1) is 9.92. The van der Waals surface area contributed by atoms with Gasteiger partial charge in [0.2, 0.25) is 5.09 Å². The summed E-state index contributed by atoms with van der Waals surface area (Å²) in [5, 5.41) is 3.00. The minimum Gasteiger partial charge on any atom is -0.447 e. The molecule has 0 aromatic carbocycles. The summed E-state index contributed by atoms with van der Waals surface area (Å²) in [6.07, 6.45) is 0. The Morgan fingerprint density at radius 1 is 1.33 bits per heavy atom. The monoisotopic (exact) mass is 348 g/mol. The average Bonchev–Trinajstić information content (AvgIpc) is 3.05. The molecular formula is C13H17ClN2O3S2. The Morgan fingerprint density at radius 2 is 2.10 bits per heavy atom. The first-order valence-electron chi connectivity index (χ1n) is 6.49. The zero-order valence-corrected chi connectivity index (χ0v) is 14.1. The average molecular weight is 349 g/mol. The molecule has 0 aliphatic heterocycles. The Kier molecular flexibility index (Phi) is 5.45. The van der Waals surface area contributed by atoms with E-state index in [9.17, 15) is 8.42 Å². The van der Waals surface area contributed by atoms with Crippen LogP contribution in [-0.4, -0.2) is 15.0 Å². The third-order valence-corrected chi connectivity index (χ3v) is 5.63. The van der Waals surface area contributed by atoms with E-state index in [1.54, 1.807) is 25.1 Å². The van der Waals surface area contributed by atoms with Gasteiger partial charge in [0, 0.05) is 4.88 Å². The molecule has 0 saturated carbocycles. The molecule has 8 heteroatoms. The molecule has 0 spiro atoms. The molecule has 1 atom stereocenters. The molecule has 0 amide bonds. The van der Waals surface area contributed by atoms with Gasteiger partial charge in [0.15, 0.2) is 0 Å². The largest absolute Gasteiger partial charge is 0.447 e. The topological polar surface area (TPSA) is 71.3 Å². The molecule has 116 valence electrons. The van der Waals surface area contributed by atoms with Crippen molar-refractivity contribution in [2.45, 2.75) is 31.5 Å². The summed E-state index contributed by atoms with van der Waals surface area (Å²) in [7, 11) is -3.68. The van der Waals surface area contributed by atoms with Crippen molar-refractivity contribution in [1.82, 2.24) is 10.0 Å². The fourth-order valence-corrected chi connectivity index (χ4v) is 4.07. The molecule has 2 rings (SSSR count). The zero-order chi connectivity index (χ0) is 15.5. The van der Waals surface area contributed by atoms with Crippen LogP contribution >= 0.6 is 22.9 Å². The Morgan fingerprint density at radius 3 is 2.71 bits per heavy atom. The number of furan rings is 1. The molecule has 2 heterocycles. The first kappa shape index (κ1) is 16.5. The summed E-state index contributed by atoms with van der Waals surface area (Å²) in [6.45, 7) is 5.03. The predicted octanol–water partition coefficient (Wildman–Crippen LogP) is 3.14. The van der Waals surface area contributed by atoms with E-state index in [1.807, 2.05) is 6.92 Å². The van der Waals surface area contributed by atoms with Gasteiger partial charge in [-0.3, -0.25) is 0 Å². The minimum absolute atomic E-state index is 0.0788. The molecule has 2 aromatic rings. The molecule has 2 aromatic heterocycles. The second kappa shape index (κ2) is 6.93. The van der Waals surface area contributed by atoms with Crippen LogP contribution in [0.1, 0.15) is 30.5 Å². The maximum atomic E-state index is 12.3. The van der Waals surface area contributed by atoms with Crippen LogP contribution in [0.15, 0.2) is 33.8 Å². The van der Waals surface area contributed by atoms with E-state index in [0.29, 0.717) is 16.6 Å². The smallest absolute Gasteiger partial charge is 0.274 e. The van der Waals surface area contributed by atoms with Gasteiger partial charge in [-0.05, 0) is 37.7 Å². The van der Waals surface area contributed by atoms with E-state index in [1.165, 1.54) is 17.4 Å². The van der Waals surface area contributed by atoms with Crippen molar-refractivity contribution < 1.29 is 12.8 Å². The highest BCUT2D eigenvalue weighted by molar-refractivity contribution is 7.89. The molecule has 0 bridgehead atoms. The van der Waals surface area contributed by atoms with E-state index in [0.717, 1.165) is 11.4 Å². The number of thiophene rings is 1. The van der Waals surface area contributed by atoms with Gasteiger partial charge in [-0.1, -0.05) is 18.5 Å². The molecular weight excluding hydrogens is 332 g/mol. The van der Waals surface area contributed by atoms with Crippen molar-refractivity contribution in [3.05, 3.63) is 39.2 Å². The summed E-state index contributed by atoms with van der Waals surface area (Å²) >= 11 is 7.21. The van der Waals surface area contributed by atoms with Crippen molar-refractivity contribution in [2.24, 2.45) is 0 Å². The lowest BCUT2D eigenvalue weighted by molar-refractivity contribution is 0.400. The van der Waals surface area contributed by atoms with Crippen LogP contribution in [0.2, 0.25) is 4.34 Å². The lowest BCUT2D eigenvalue weighted by Gasteiger charge is -2.11. The number of hydrogen-bond acceptors (Lipinski definition) is 5. The minimum atomic E-state index is -3.68. The quantitative estimate of drug-likeness (QED) is 0.806. The van der Waals surface area contributed by atoms with Crippen molar-refractivity contribution in [3.63, 3.8) is 0 Å². The fraction of sp³-hybridized carbons (Fsp3) is 0.385. The lowest BCUT2D eigenvalue weighted by atomic mass is 10.3. The number of nitrogens with one attached hydrogen (secondary N) is 2. The van der Waals surface area contributed by atoms with E-state index in [4.69, 9.17) is 16.0 Å². The highest BCUT2D eigenvalue weighted by Gasteiger charge is 2.22. The van der Waals surface area contributed by atoms with Crippen molar-refractivity contribution in [1.29, 1.82) is 0 Å². The highest BCUT2D eigenvalue weighted by atomic mass is 35.5. The SMILES string of the molecule is CCNCc1ccc(S(=O)(=O)NC(C)c2ccc(Cl)s2)o1. The van der Waals surface area contributed by atoms with Gasteiger partial charge in [-0.15, -0.1) is 11.3 Å². The molecule has 0 saturated heterocycles. The lowest BCUT2D eigenvalue weighted by Crippen LogP contribution is -2.26. The van der Waals surface area contributed by atoms with Gasteiger partial charge >= 0.3 is 0 Å². The second-order valence-corrected chi connectivity index (χ2v) is 7.88. The second-order valence-electron chi connectivity index (χ2n) is 4.49. The van der Waals surface area contributed by atoms with Crippen LogP contribution in [0, 0.1) is 0 Å². The Bertz CT molecular complexity index is 694. The number of halogens is 1. The van der Waals surface area contributed by atoms with Crippen LogP contribution < -0.4 is 10.0 Å². The summed E-state index contributed by atoms with van der Waals surface area (Å²) < 4.78 is 33.1. The first-order valence-corrected chi connectivity index (χ1v) is 9.17. The van der Waals surface area contributed by atoms with Crippen molar-refractivity contribution in [3.8, 4) is 0 Å². The van der Waals surface area contributed by atoms with E-state index in [2.05, 4.69) is 10.0 Å². The fourth-order valence-electron chi connectivity index (χ4n) is 1.76. The Labute approximate surface area is 133 Å². The van der Waals surface area contributed by atoms with E-state index in [-0.39, 0.29) is 11.1 Å². The standard InChI is InChI=1S/C13H17ClN2O3S2/c1-3-15-8-10-4-7-13(19-10)21(17,18)16-9(2)11-5-6-12(14)20-11/h4-7,9,15-16H,3,8H2,1-2H3. The third-order valence-electron chi connectivity index (χ3n) is 2.80. The summed E-state index contributed by atoms with van der Waals surface area (Å²) in [5.74, 6) is 0.587. The van der Waals surface area contributed by atoms with Crippen LogP contribution in [0.3, 0.4) is 0 Å². The number of hydrogen-bond donors (Lipinski definition) is 2. The molecule has 21 heavy (non-hydrogen) atoms. The van der Waals surface area contributed by atoms with E-state index >= 15 is 0 Å².